The fraction of sp³-hybridized carbons (Fsp3) is 0.867. The Labute approximate surface area is 121 Å². The summed E-state index contributed by atoms with van der Waals surface area (Å²) in [5, 5.41) is 3.24. The molecule has 0 heterocycles. The van der Waals surface area contributed by atoms with Gasteiger partial charge in [0, 0.05) is 5.92 Å². The lowest BCUT2D eigenvalue weighted by Crippen LogP contribution is -2.58. The fourth-order valence-corrected chi connectivity index (χ4v) is 3.72. The van der Waals surface area contributed by atoms with Crippen LogP contribution in [0, 0.1) is 5.92 Å². The molecule has 0 saturated heterocycles. The van der Waals surface area contributed by atoms with Crippen LogP contribution in [0.4, 0.5) is 0 Å². The van der Waals surface area contributed by atoms with Gasteiger partial charge in [-0.3, -0.25) is 4.79 Å². The number of amides is 1. The van der Waals surface area contributed by atoms with Crippen LogP contribution in [0.2, 0.25) is 0 Å². The van der Waals surface area contributed by atoms with Crippen molar-refractivity contribution in [3.63, 3.8) is 0 Å². The second-order valence-corrected chi connectivity index (χ2v) is 6.62. The molecular formula is C15H26N2OS. The SMILES string of the molecule is NC(=S)C1(NC(=O)C2CCCC2)CCCCCCC1. The topological polar surface area (TPSA) is 55.1 Å². The first-order chi connectivity index (χ1) is 9.14. The van der Waals surface area contributed by atoms with Crippen molar-refractivity contribution < 1.29 is 4.79 Å². The maximum absolute atomic E-state index is 12.4. The zero-order chi connectivity index (χ0) is 13.7. The zero-order valence-corrected chi connectivity index (χ0v) is 12.6. The number of carbonyl (C=O) groups is 1. The Morgan fingerprint density at radius 1 is 1.00 bits per heavy atom. The number of carbonyl (C=O) groups excluding carboxylic acids is 1. The summed E-state index contributed by atoms with van der Waals surface area (Å²) >= 11 is 5.29. The molecule has 0 unspecified atom stereocenters. The summed E-state index contributed by atoms with van der Waals surface area (Å²) in [5.41, 5.74) is 5.58. The van der Waals surface area contributed by atoms with Crippen molar-refractivity contribution in [1.29, 1.82) is 0 Å². The number of thiocarbonyl (C=S) groups is 1. The Kier molecular flexibility index (Phi) is 5.20. The van der Waals surface area contributed by atoms with E-state index in [9.17, 15) is 4.79 Å². The number of hydrogen-bond donors (Lipinski definition) is 2. The van der Waals surface area contributed by atoms with Crippen LogP contribution >= 0.6 is 12.2 Å². The van der Waals surface area contributed by atoms with Crippen LogP contribution in [-0.4, -0.2) is 16.4 Å². The highest BCUT2D eigenvalue weighted by Crippen LogP contribution is 2.30. The van der Waals surface area contributed by atoms with E-state index in [2.05, 4.69) is 5.32 Å². The Hall–Kier alpha value is -0.640. The lowest BCUT2D eigenvalue weighted by molar-refractivity contribution is -0.126. The van der Waals surface area contributed by atoms with E-state index in [-0.39, 0.29) is 11.8 Å². The van der Waals surface area contributed by atoms with Crippen molar-refractivity contribution in [1.82, 2.24) is 5.32 Å². The van der Waals surface area contributed by atoms with Crippen LogP contribution in [-0.2, 0) is 4.79 Å². The minimum Gasteiger partial charge on any atom is -0.391 e. The number of hydrogen-bond acceptors (Lipinski definition) is 2. The van der Waals surface area contributed by atoms with Crippen molar-refractivity contribution in [3.05, 3.63) is 0 Å². The molecule has 0 atom stereocenters. The number of nitrogens with two attached hydrogens (primary N) is 1. The molecule has 3 nitrogen and oxygen atoms in total. The van der Waals surface area contributed by atoms with Crippen LogP contribution in [0.3, 0.4) is 0 Å². The molecule has 3 N–H and O–H groups in total. The van der Waals surface area contributed by atoms with Gasteiger partial charge in [0.1, 0.15) is 0 Å². The second-order valence-electron chi connectivity index (χ2n) is 6.18. The fourth-order valence-electron chi connectivity index (χ4n) is 3.47. The molecule has 0 aromatic rings. The molecule has 2 saturated carbocycles. The van der Waals surface area contributed by atoms with Gasteiger partial charge in [-0.05, 0) is 25.7 Å². The van der Waals surface area contributed by atoms with Crippen LogP contribution in [0.1, 0.15) is 70.6 Å². The number of nitrogens with one attached hydrogen (secondary N) is 1. The van der Waals surface area contributed by atoms with Gasteiger partial charge in [0.15, 0.2) is 0 Å². The summed E-state index contributed by atoms with van der Waals surface area (Å²) < 4.78 is 0. The molecule has 19 heavy (non-hydrogen) atoms. The first kappa shape index (κ1) is 14.8. The van der Waals surface area contributed by atoms with Crippen LogP contribution in [0.25, 0.3) is 0 Å². The molecule has 2 aliphatic carbocycles. The summed E-state index contributed by atoms with van der Waals surface area (Å²) in [6, 6.07) is 0. The van der Waals surface area contributed by atoms with Gasteiger partial charge in [0.05, 0.1) is 10.5 Å². The van der Waals surface area contributed by atoms with Crippen molar-refractivity contribution in [2.24, 2.45) is 11.7 Å². The van der Waals surface area contributed by atoms with Gasteiger partial charge in [-0.2, -0.15) is 0 Å². The molecular weight excluding hydrogens is 256 g/mol. The third kappa shape index (κ3) is 3.68. The average molecular weight is 282 g/mol. The van der Waals surface area contributed by atoms with E-state index in [1.54, 1.807) is 0 Å². The lowest BCUT2D eigenvalue weighted by Gasteiger charge is -2.36. The normalized spacial score (nSPS) is 24.4. The molecule has 2 aliphatic rings. The van der Waals surface area contributed by atoms with Crippen LogP contribution in [0.5, 0.6) is 0 Å². The minimum absolute atomic E-state index is 0.186. The third-order valence-corrected chi connectivity index (χ3v) is 5.16. The Balaban J connectivity index is 2.04. The minimum atomic E-state index is -0.407. The predicted octanol–water partition coefficient (Wildman–Crippen LogP) is 3.06. The van der Waals surface area contributed by atoms with E-state index in [4.69, 9.17) is 18.0 Å². The second kappa shape index (κ2) is 6.69. The molecule has 0 aromatic heterocycles. The first-order valence-corrected chi connectivity index (χ1v) is 8.17. The summed E-state index contributed by atoms with van der Waals surface area (Å²) in [5.74, 6) is 0.377. The molecule has 0 radical (unpaired) electrons. The van der Waals surface area contributed by atoms with E-state index in [0.29, 0.717) is 4.99 Å². The lowest BCUT2D eigenvalue weighted by atomic mass is 9.83. The van der Waals surface area contributed by atoms with E-state index in [0.717, 1.165) is 38.5 Å². The summed E-state index contributed by atoms with van der Waals surface area (Å²) in [4.78, 5) is 12.9. The third-order valence-electron chi connectivity index (χ3n) is 4.77. The van der Waals surface area contributed by atoms with Crippen LogP contribution in [0.15, 0.2) is 0 Å². The standard InChI is InChI=1S/C15H26N2OS/c16-14(19)15(10-6-2-1-3-7-11-15)17-13(18)12-8-4-5-9-12/h12H,1-11H2,(H2,16,19)(H,17,18). The zero-order valence-electron chi connectivity index (χ0n) is 11.7. The average Bonchev–Trinajstić information content (AvgIpc) is 2.86. The highest BCUT2D eigenvalue weighted by molar-refractivity contribution is 7.80. The number of rotatable bonds is 3. The van der Waals surface area contributed by atoms with Crippen molar-refractivity contribution >= 4 is 23.1 Å². The smallest absolute Gasteiger partial charge is 0.223 e. The molecule has 2 rings (SSSR count). The van der Waals surface area contributed by atoms with Crippen LogP contribution < -0.4 is 11.1 Å². The van der Waals surface area contributed by atoms with Gasteiger partial charge < -0.3 is 11.1 Å². The highest BCUT2D eigenvalue weighted by atomic mass is 32.1. The van der Waals surface area contributed by atoms with Crippen molar-refractivity contribution in [2.75, 3.05) is 0 Å². The quantitative estimate of drug-likeness (QED) is 0.782. The predicted molar refractivity (Wildman–Crippen MR) is 81.9 cm³/mol. The van der Waals surface area contributed by atoms with Gasteiger partial charge in [0.2, 0.25) is 5.91 Å². The Morgan fingerprint density at radius 2 is 1.53 bits per heavy atom. The summed E-state index contributed by atoms with van der Waals surface area (Å²) in [7, 11) is 0. The molecule has 108 valence electrons. The van der Waals surface area contributed by atoms with Crippen molar-refractivity contribution in [3.8, 4) is 0 Å². The molecule has 0 spiro atoms. The van der Waals surface area contributed by atoms with E-state index in [1.807, 2.05) is 0 Å². The van der Waals surface area contributed by atoms with Crippen molar-refractivity contribution in [2.45, 2.75) is 76.2 Å². The summed E-state index contributed by atoms with van der Waals surface area (Å²) in [6.07, 6.45) is 12.2. The van der Waals surface area contributed by atoms with Gasteiger partial charge >= 0.3 is 0 Å². The van der Waals surface area contributed by atoms with E-state index >= 15 is 0 Å². The van der Waals surface area contributed by atoms with E-state index in [1.165, 1.54) is 32.1 Å². The first-order valence-electron chi connectivity index (χ1n) is 7.76. The largest absolute Gasteiger partial charge is 0.391 e. The monoisotopic (exact) mass is 282 g/mol. The van der Waals surface area contributed by atoms with E-state index < -0.39 is 5.54 Å². The molecule has 0 bridgehead atoms. The molecule has 4 heteroatoms. The van der Waals surface area contributed by atoms with Gasteiger partial charge in [-0.1, -0.05) is 57.2 Å². The van der Waals surface area contributed by atoms with Gasteiger partial charge in [-0.15, -0.1) is 0 Å². The summed E-state index contributed by atoms with van der Waals surface area (Å²) in [6.45, 7) is 0. The maximum atomic E-state index is 12.4. The Bertz CT molecular complexity index is 329. The maximum Gasteiger partial charge on any atom is 0.223 e. The molecule has 0 aliphatic heterocycles. The highest BCUT2D eigenvalue weighted by Gasteiger charge is 2.37. The molecule has 0 aromatic carbocycles. The van der Waals surface area contributed by atoms with Gasteiger partial charge in [0.25, 0.3) is 0 Å². The molecule has 2 fully saturated rings. The Morgan fingerprint density at radius 3 is 2.05 bits per heavy atom. The van der Waals surface area contributed by atoms with Gasteiger partial charge in [-0.25, -0.2) is 0 Å². The molecule has 1 amide bonds.